The summed E-state index contributed by atoms with van der Waals surface area (Å²) >= 11 is 1.66. The molecule has 0 aliphatic heterocycles. The number of benzene rings is 1. The topological polar surface area (TPSA) is 80.0 Å². The number of aryl methyl sites for hydroxylation is 2. The average molecular weight is 407 g/mol. The minimum atomic E-state index is -0.0422. The van der Waals surface area contributed by atoms with Gasteiger partial charge >= 0.3 is 0 Å². The average Bonchev–Trinajstić information content (AvgIpc) is 3.34. The number of thiophene rings is 1. The van der Waals surface area contributed by atoms with Gasteiger partial charge in [-0.15, -0.1) is 11.3 Å². The summed E-state index contributed by atoms with van der Waals surface area (Å²) in [5, 5.41) is 7.18. The van der Waals surface area contributed by atoms with Crippen LogP contribution in [-0.2, 0) is 11.3 Å². The molecule has 4 rings (SSSR count). The number of nitrogens with zero attached hydrogens (tertiary/aromatic N) is 2. The van der Waals surface area contributed by atoms with Crippen molar-refractivity contribution in [3.05, 3.63) is 65.2 Å². The molecular weight excluding hydrogens is 384 g/mol. The van der Waals surface area contributed by atoms with Gasteiger partial charge in [0.15, 0.2) is 0 Å². The number of hydrogen-bond donors (Lipinski definition) is 2. The number of rotatable bonds is 7. The second-order valence-corrected chi connectivity index (χ2v) is 8.04. The van der Waals surface area contributed by atoms with Gasteiger partial charge < -0.3 is 15.1 Å². The van der Waals surface area contributed by atoms with Crippen LogP contribution in [0.25, 0.3) is 21.3 Å². The molecule has 6 nitrogen and oxygen atoms in total. The molecule has 1 amide bonds. The van der Waals surface area contributed by atoms with Crippen LogP contribution in [0.3, 0.4) is 0 Å². The zero-order valence-electron chi connectivity index (χ0n) is 16.4. The van der Waals surface area contributed by atoms with Crippen LogP contribution in [0, 0.1) is 13.8 Å². The number of nitrogens with one attached hydrogen (secondary N) is 2. The molecule has 7 heteroatoms. The highest BCUT2D eigenvalue weighted by Crippen LogP contribution is 2.40. The summed E-state index contributed by atoms with van der Waals surface area (Å²) in [7, 11) is 0. The number of furan rings is 1. The van der Waals surface area contributed by atoms with Crippen LogP contribution in [0.1, 0.15) is 22.6 Å². The first kappa shape index (κ1) is 19.1. The standard InChI is InChI=1S/C22H22N4O2S/c1-14-5-7-16(8-6-14)19-15(2)29-22-20(19)21(25-13-26-22)23-10-9-18(27)24-12-17-4-3-11-28-17/h3-8,11,13H,9-10,12H2,1-2H3,(H,24,27)(H,23,25,26). The van der Waals surface area contributed by atoms with Crippen molar-refractivity contribution in [2.45, 2.75) is 26.8 Å². The van der Waals surface area contributed by atoms with Crippen LogP contribution >= 0.6 is 11.3 Å². The molecule has 3 heterocycles. The van der Waals surface area contributed by atoms with E-state index in [0.717, 1.165) is 32.9 Å². The third-order valence-corrected chi connectivity index (χ3v) is 5.70. The molecule has 0 aliphatic rings. The zero-order valence-corrected chi connectivity index (χ0v) is 17.2. The fourth-order valence-corrected chi connectivity index (χ4v) is 4.24. The summed E-state index contributed by atoms with van der Waals surface area (Å²) in [6, 6.07) is 12.1. The van der Waals surface area contributed by atoms with Gasteiger partial charge in [-0.05, 0) is 31.5 Å². The number of carbonyl (C=O) groups is 1. The van der Waals surface area contributed by atoms with E-state index in [1.54, 1.807) is 30.0 Å². The molecule has 0 bridgehead atoms. The van der Waals surface area contributed by atoms with E-state index in [9.17, 15) is 4.79 Å². The fourth-order valence-electron chi connectivity index (χ4n) is 3.23. The molecule has 29 heavy (non-hydrogen) atoms. The molecule has 2 N–H and O–H groups in total. The molecule has 4 aromatic rings. The highest BCUT2D eigenvalue weighted by Gasteiger charge is 2.16. The van der Waals surface area contributed by atoms with E-state index < -0.39 is 0 Å². The van der Waals surface area contributed by atoms with Crippen molar-refractivity contribution in [1.82, 2.24) is 15.3 Å². The van der Waals surface area contributed by atoms with Gasteiger partial charge in [0.1, 0.15) is 22.7 Å². The van der Waals surface area contributed by atoms with E-state index in [4.69, 9.17) is 4.42 Å². The Morgan fingerprint density at radius 3 is 2.72 bits per heavy atom. The Morgan fingerprint density at radius 1 is 1.14 bits per heavy atom. The van der Waals surface area contributed by atoms with Crippen LogP contribution in [-0.4, -0.2) is 22.4 Å². The lowest BCUT2D eigenvalue weighted by Crippen LogP contribution is -2.24. The molecule has 1 aromatic carbocycles. The predicted octanol–water partition coefficient (Wildman–Crippen LogP) is 4.69. The molecule has 0 spiro atoms. The summed E-state index contributed by atoms with van der Waals surface area (Å²) in [6.45, 7) is 5.06. The highest BCUT2D eigenvalue weighted by molar-refractivity contribution is 7.19. The number of hydrogen-bond acceptors (Lipinski definition) is 6. The van der Waals surface area contributed by atoms with Gasteiger partial charge in [0.25, 0.3) is 0 Å². The number of carbonyl (C=O) groups excluding carboxylic acids is 1. The van der Waals surface area contributed by atoms with Gasteiger partial charge in [-0.1, -0.05) is 29.8 Å². The quantitative estimate of drug-likeness (QED) is 0.466. The van der Waals surface area contributed by atoms with Gasteiger partial charge in [0.2, 0.25) is 5.91 Å². The first-order valence-corrected chi connectivity index (χ1v) is 10.3. The molecule has 0 saturated carbocycles. The van der Waals surface area contributed by atoms with Crippen molar-refractivity contribution in [2.24, 2.45) is 0 Å². The van der Waals surface area contributed by atoms with E-state index in [2.05, 4.69) is 58.7 Å². The van der Waals surface area contributed by atoms with Crippen molar-refractivity contribution in [2.75, 3.05) is 11.9 Å². The van der Waals surface area contributed by atoms with Crippen molar-refractivity contribution in [1.29, 1.82) is 0 Å². The minimum absolute atomic E-state index is 0.0422. The Labute approximate surface area is 173 Å². The summed E-state index contributed by atoms with van der Waals surface area (Å²) in [4.78, 5) is 23.1. The number of anilines is 1. The van der Waals surface area contributed by atoms with E-state index in [1.807, 2.05) is 6.07 Å². The van der Waals surface area contributed by atoms with E-state index in [-0.39, 0.29) is 5.91 Å². The van der Waals surface area contributed by atoms with Gasteiger partial charge in [0.05, 0.1) is 18.2 Å². The van der Waals surface area contributed by atoms with Crippen LogP contribution in [0.4, 0.5) is 5.82 Å². The lowest BCUT2D eigenvalue weighted by Gasteiger charge is -2.09. The molecule has 0 unspecified atom stereocenters. The maximum atomic E-state index is 12.1. The second kappa shape index (κ2) is 8.45. The predicted molar refractivity (Wildman–Crippen MR) is 116 cm³/mol. The van der Waals surface area contributed by atoms with Crippen molar-refractivity contribution in [3.8, 4) is 11.1 Å². The molecular formula is C22H22N4O2S. The second-order valence-electron chi connectivity index (χ2n) is 6.83. The third kappa shape index (κ3) is 4.30. The lowest BCUT2D eigenvalue weighted by molar-refractivity contribution is -0.121. The van der Waals surface area contributed by atoms with Gasteiger partial charge in [0, 0.05) is 23.4 Å². The number of aromatic nitrogens is 2. The van der Waals surface area contributed by atoms with Gasteiger partial charge in [-0.3, -0.25) is 4.79 Å². The summed E-state index contributed by atoms with van der Waals surface area (Å²) in [6.07, 6.45) is 3.50. The third-order valence-electron chi connectivity index (χ3n) is 4.69. The molecule has 0 saturated heterocycles. The van der Waals surface area contributed by atoms with Crippen LogP contribution in [0.5, 0.6) is 0 Å². The van der Waals surface area contributed by atoms with Gasteiger partial charge in [-0.2, -0.15) is 0 Å². The Hall–Kier alpha value is -3.19. The van der Waals surface area contributed by atoms with Gasteiger partial charge in [-0.25, -0.2) is 9.97 Å². The lowest BCUT2D eigenvalue weighted by atomic mass is 10.0. The van der Waals surface area contributed by atoms with Crippen molar-refractivity contribution < 1.29 is 9.21 Å². The Balaban J connectivity index is 1.49. The molecule has 0 aliphatic carbocycles. The maximum absolute atomic E-state index is 12.1. The smallest absolute Gasteiger partial charge is 0.222 e. The van der Waals surface area contributed by atoms with Crippen molar-refractivity contribution in [3.63, 3.8) is 0 Å². The highest BCUT2D eigenvalue weighted by atomic mass is 32.1. The molecule has 0 radical (unpaired) electrons. The molecule has 0 fully saturated rings. The number of fused-ring (bicyclic) bond motifs is 1. The fraction of sp³-hybridized carbons (Fsp3) is 0.227. The Bertz CT molecular complexity index is 1120. The summed E-state index contributed by atoms with van der Waals surface area (Å²) in [5.74, 6) is 1.45. The first-order chi connectivity index (χ1) is 14.1. The monoisotopic (exact) mass is 406 g/mol. The summed E-state index contributed by atoms with van der Waals surface area (Å²) < 4.78 is 5.22. The SMILES string of the molecule is Cc1ccc(-c2c(C)sc3ncnc(NCCC(=O)NCc4ccco4)c23)cc1. The molecule has 148 valence electrons. The Kier molecular flexibility index (Phi) is 5.57. The van der Waals surface area contributed by atoms with Crippen LogP contribution in [0.2, 0.25) is 0 Å². The maximum Gasteiger partial charge on any atom is 0.222 e. The van der Waals surface area contributed by atoms with Crippen LogP contribution < -0.4 is 10.6 Å². The van der Waals surface area contributed by atoms with Crippen LogP contribution in [0.15, 0.2) is 53.4 Å². The molecule has 3 aromatic heterocycles. The van der Waals surface area contributed by atoms with E-state index in [1.165, 1.54) is 10.4 Å². The van der Waals surface area contributed by atoms with E-state index in [0.29, 0.717) is 19.5 Å². The Morgan fingerprint density at radius 2 is 1.97 bits per heavy atom. The first-order valence-electron chi connectivity index (χ1n) is 9.46. The zero-order chi connectivity index (χ0) is 20.2. The summed E-state index contributed by atoms with van der Waals surface area (Å²) in [5.41, 5.74) is 3.52. The number of amides is 1. The largest absolute Gasteiger partial charge is 0.467 e. The van der Waals surface area contributed by atoms with Crippen molar-refractivity contribution >= 4 is 33.3 Å². The molecule has 0 atom stereocenters. The minimum Gasteiger partial charge on any atom is -0.467 e. The normalized spacial score (nSPS) is 11.0. The van der Waals surface area contributed by atoms with E-state index >= 15 is 0 Å².